The van der Waals surface area contributed by atoms with E-state index in [1.54, 1.807) is 13.1 Å². The van der Waals surface area contributed by atoms with Gasteiger partial charge in [0.2, 0.25) is 0 Å². The Bertz CT molecular complexity index is 538. The molecule has 0 spiro atoms. The van der Waals surface area contributed by atoms with Gasteiger partial charge in [0.05, 0.1) is 0 Å². The van der Waals surface area contributed by atoms with Crippen molar-refractivity contribution >= 4 is 17.4 Å². The fourth-order valence-corrected chi connectivity index (χ4v) is 3.58. The fourth-order valence-electron chi connectivity index (χ4n) is 3.28. The van der Waals surface area contributed by atoms with E-state index in [9.17, 15) is 9.90 Å². The standard InChI is InChI=1S/C17H24ClNO2/c1-16(2,3)11-9-14(20)15(21)17(10-11,19-4)12-7-5-6-8-13(12)18/h5-8,11,14,19-20H,9-10H2,1-4H3/t11-,14+,17+/m1/s1. The normalized spacial score (nSPS) is 30.5. The molecule has 2 N–H and O–H groups in total. The quantitative estimate of drug-likeness (QED) is 0.882. The first-order valence-corrected chi connectivity index (χ1v) is 7.76. The van der Waals surface area contributed by atoms with Gasteiger partial charge in [-0.2, -0.15) is 0 Å². The van der Waals surface area contributed by atoms with Crippen LogP contribution in [-0.2, 0) is 10.3 Å². The molecule has 0 heterocycles. The predicted octanol–water partition coefficient (Wildman–Crippen LogP) is 3.14. The van der Waals surface area contributed by atoms with Crippen LogP contribution in [-0.4, -0.2) is 24.0 Å². The molecule has 0 bridgehead atoms. The summed E-state index contributed by atoms with van der Waals surface area (Å²) in [6, 6.07) is 7.38. The summed E-state index contributed by atoms with van der Waals surface area (Å²) in [6.45, 7) is 6.44. The number of aliphatic hydroxyl groups is 1. The lowest BCUT2D eigenvalue weighted by Gasteiger charge is -2.46. The Morgan fingerprint density at radius 2 is 1.95 bits per heavy atom. The first kappa shape index (κ1) is 16.5. The van der Waals surface area contributed by atoms with Crippen molar-refractivity contribution in [3.8, 4) is 0 Å². The van der Waals surface area contributed by atoms with Crippen molar-refractivity contribution in [3.63, 3.8) is 0 Å². The maximum absolute atomic E-state index is 12.7. The van der Waals surface area contributed by atoms with Gasteiger partial charge in [-0.3, -0.25) is 4.79 Å². The number of ketones is 1. The van der Waals surface area contributed by atoms with Crippen LogP contribution in [0.3, 0.4) is 0 Å². The topological polar surface area (TPSA) is 49.3 Å². The summed E-state index contributed by atoms with van der Waals surface area (Å²) in [7, 11) is 1.76. The van der Waals surface area contributed by atoms with E-state index < -0.39 is 11.6 Å². The third-order valence-corrected chi connectivity index (χ3v) is 5.10. The summed E-state index contributed by atoms with van der Waals surface area (Å²) < 4.78 is 0. The third-order valence-electron chi connectivity index (χ3n) is 4.77. The average Bonchev–Trinajstić information content (AvgIpc) is 2.41. The van der Waals surface area contributed by atoms with E-state index in [0.29, 0.717) is 17.9 Å². The largest absolute Gasteiger partial charge is 0.385 e. The van der Waals surface area contributed by atoms with Crippen molar-refractivity contribution in [2.24, 2.45) is 11.3 Å². The van der Waals surface area contributed by atoms with Crippen molar-refractivity contribution < 1.29 is 9.90 Å². The minimum atomic E-state index is -0.952. The van der Waals surface area contributed by atoms with Crippen LogP contribution in [0.1, 0.15) is 39.2 Å². The molecular weight excluding hydrogens is 286 g/mol. The van der Waals surface area contributed by atoms with Gasteiger partial charge < -0.3 is 10.4 Å². The molecule has 1 aromatic carbocycles. The second-order valence-electron chi connectivity index (χ2n) is 7.02. The molecular formula is C17H24ClNO2. The molecule has 0 aliphatic heterocycles. The van der Waals surface area contributed by atoms with Gasteiger partial charge in [0.1, 0.15) is 11.6 Å². The number of hydrogen-bond acceptors (Lipinski definition) is 3. The number of carbonyl (C=O) groups excluding carboxylic acids is 1. The molecule has 0 saturated heterocycles. The highest BCUT2D eigenvalue weighted by atomic mass is 35.5. The van der Waals surface area contributed by atoms with Crippen molar-refractivity contribution in [1.29, 1.82) is 0 Å². The Labute approximate surface area is 131 Å². The molecule has 2 rings (SSSR count). The van der Waals surface area contributed by atoms with Gasteiger partial charge >= 0.3 is 0 Å². The molecule has 4 heteroatoms. The van der Waals surface area contributed by atoms with Crippen LogP contribution in [0.25, 0.3) is 0 Å². The van der Waals surface area contributed by atoms with E-state index in [1.165, 1.54) is 0 Å². The average molecular weight is 310 g/mol. The Hall–Kier alpha value is -0.900. The van der Waals surface area contributed by atoms with Crippen LogP contribution in [0.15, 0.2) is 24.3 Å². The molecule has 0 amide bonds. The Balaban J connectivity index is 2.54. The lowest BCUT2D eigenvalue weighted by molar-refractivity contribution is -0.141. The summed E-state index contributed by atoms with van der Waals surface area (Å²) in [4.78, 5) is 12.7. The first-order valence-electron chi connectivity index (χ1n) is 7.38. The molecule has 0 radical (unpaired) electrons. The molecule has 1 aliphatic carbocycles. The van der Waals surface area contributed by atoms with Gasteiger partial charge in [-0.1, -0.05) is 50.6 Å². The minimum Gasteiger partial charge on any atom is -0.385 e. The van der Waals surface area contributed by atoms with Crippen molar-refractivity contribution in [2.45, 2.75) is 45.3 Å². The summed E-state index contributed by atoms with van der Waals surface area (Å²) in [5.74, 6) is 0.0486. The van der Waals surface area contributed by atoms with Crippen molar-refractivity contribution in [1.82, 2.24) is 5.32 Å². The Morgan fingerprint density at radius 1 is 1.33 bits per heavy atom. The first-order chi connectivity index (χ1) is 9.72. The van der Waals surface area contributed by atoms with Crippen molar-refractivity contribution in [3.05, 3.63) is 34.9 Å². The second-order valence-corrected chi connectivity index (χ2v) is 7.43. The van der Waals surface area contributed by atoms with Gasteiger partial charge in [0.25, 0.3) is 0 Å². The van der Waals surface area contributed by atoms with Crippen LogP contribution < -0.4 is 5.32 Å². The zero-order valence-electron chi connectivity index (χ0n) is 13.1. The number of halogens is 1. The van der Waals surface area contributed by atoms with E-state index in [1.807, 2.05) is 18.2 Å². The zero-order chi connectivity index (χ0) is 15.8. The highest BCUT2D eigenvalue weighted by Crippen LogP contribution is 2.46. The molecule has 0 aromatic heterocycles. The maximum atomic E-state index is 12.7. The lowest BCUT2D eigenvalue weighted by atomic mass is 9.63. The molecule has 3 atom stereocenters. The zero-order valence-corrected chi connectivity index (χ0v) is 13.9. The smallest absolute Gasteiger partial charge is 0.185 e. The SMILES string of the molecule is CN[C@]1(c2ccccc2Cl)C[C@H](C(C)(C)C)C[C@H](O)C1=O. The molecule has 0 unspecified atom stereocenters. The Morgan fingerprint density at radius 3 is 2.48 bits per heavy atom. The molecule has 1 aliphatic rings. The lowest BCUT2D eigenvalue weighted by Crippen LogP contribution is -2.58. The van der Waals surface area contributed by atoms with E-state index in [2.05, 4.69) is 26.1 Å². The second kappa shape index (κ2) is 5.71. The number of aliphatic hydroxyl groups excluding tert-OH is 1. The molecule has 1 fully saturated rings. The molecule has 3 nitrogen and oxygen atoms in total. The van der Waals surface area contributed by atoms with Crippen LogP contribution in [0.4, 0.5) is 0 Å². The molecule has 116 valence electrons. The number of hydrogen-bond donors (Lipinski definition) is 2. The molecule has 1 saturated carbocycles. The number of nitrogens with one attached hydrogen (secondary N) is 1. The highest BCUT2D eigenvalue weighted by molar-refractivity contribution is 6.31. The number of likely N-dealkylation sites (N-methyl/N-ethyl adjacent to an activating group) is 1. The summed E-state index contributed by atoms with van der Waals surface area (Å²) >= 11 is 6.33. The number of carbonyl (C=O) groups is 1. The predicted molar refractivity (Wildman–Crippen MR) is 85.4 cm³/mol. The van der Waals surface area contributed by atoms with E-state index in [-0.39, 0.29) is 17.1 Å². The van der Waals surface area contributed by atoms with Crippen molar-refractivity contribution in [2.75, 3.05) is 7.05 Å². The molecule has 21 heavy (non-hydrogen) atoms. The maximum Gasteiger partial charge on any atom is 0.185 e. The monoisotopic (exact) mass is 309 g/mol. The van der Waals surface area contributed by atoms with Crippen LogP contribution >= 0.6 is 11.6 Å². The Kier molecular flexibility index (Phi) is 4.48. The number of Topliss-reactive ketones (excluding diaryl/α,β-unsaturated/α-hetero) is 1. The number of rotatable bonds is 2. The highest BCUT2D eigenvalue weighted by Gasteiger charge is 2.51. The summed E-state index contributed by atoms with van der Waals surface area (Å²) in [5, 5.41) is 14.0. The summed E-state index contributed by atoms with van der Waals surface area (Å²) in [5.41, 5.74) is -0.133. The van der Waals surface area contributed by atoms with Crippen LogP contribution in [0.5, 0.6) is 0 Å². The molecule has 1 aromatic rings. The van der Waals surface area contributed by atoms with Gasteiger partial charge in [0.15, 0.2) is 5.78 Å². The van der Waals surface area contributed by atoms with E-state index in [0.717, 1.165) is 5.56 Å². The van der Waals surface area contributed by atoms with Gasteiger partial charge in [-0.15, -0.1) is 0 Å². The van der Waals surface area contributed by atoms with E-state index >= 15 is 0 Å². The van der Waals surface area contributed by atoms with Gasteiger partial charge in [-0.25, -0.2) is 0 Å². The third kappa shape index (κ3) is 2.87. The van der Waals surface area contributed by atoms with Crippen LogP contribution in [0.2, 0.25) is 5.02 Å². The fraction of sp³-hybridized carbons (Fsp3) is 0.588. The summed E-state index contributed by atoms with van der Waals surface area (Å²) in [6.07, 6.45) is 0.203. The minimum absolute atomic E-state index is 0.0189. The van der Waals surface area contributed by atoms with Gasteiger partial charge in [-0.05, 0) is 42.9 Å². The number of benzene rings is 1. The van der Waals surface area contributed by atoms with Crippen LogP contribution in [0, 0.1) is 11.3 Å². The van der Waals surface area contributed by atoms with E-state index in [4.69, 9.17) is 11.6 Å². The van der Waals surface area contributed by atoms with Gasteiger partial charge in [0, 0.05) is 5.02 Å².